The molecule has 1 aromatic carbocycles. The number of aryl methyl sites for hydroxylation is 1. The van der Waals surface area contributed by atoms with Gasteiger partial charge in [0, 0.05) is 48.8 Å². The molecule has 0 bridgehead atoms. The van der Waals surface area contributed by atoms with Crippen molar-refractivity contribution in [3.05, 3.63) is 35.0 Å². The number of ether oxygens (including phenoxy) is 2. The van der Waals surface area contributed by atoms with Gasteiger partial charge >= 0.3 is 12.1 Å². The fourth-order valence-electron chi connectivity index (χ4n) is 3.82. The summed E-state index contributed by atoms with van der Waals surface area (Å²) in [5.74, 6) is 0.0393. The van der Waals surface area contributed by atoms with E-state index in [-0.39, 0.29) is 12.1 Å². The van der Waals surface area contributed by atoms with E-state index in [4.69, 9.17) is 9.47 Å². The molecular formula is C21H27IN2O4S. The Morgan fingerprint density at radius 3 is 2.38 bits per heavy atom. The number of halogens is 1. The molecule has 1 saturated heterocycles. The molecule has 3 rings (SSSR count). The minimum absolute atomic E-state index is 0.235. The first-order valence-electron chi connectivity index (χ1n) is 9.66. The van der Waals surface area contributed by atoms with Crippen LogP contribution in [0.2, 0.25) is 0 Å². The van der Waals surface area contributed by atoms with Crippen LogP contribution in [0.1, 0.15) is 61.1 Å². The second kappa shape index (κ2) is 8.75. The molecule has 0 N–H and O–H groups in total. The highest BCUT2D eigenvalue weighted by Crippen LogP contribution is 2.36. The second-order valence-corrected chi connectivity index (χ2v) is 10.1. The van der Waals surface area contributed by atoms with Gasteiger partial charge in [-0.1, -0.05) is 0 Å². The summed E-state index contributed by atoms with van der Waals surface area (Å²) in [7, 11) is 2.86. The first-order valence-corrected chi connectivity index (χ1v) is 13.0. The van der Waals surface area contributed by atoms with Crippen LogP contribution < -0.4 is 0 Å². The Morgan fingerprint density at radius 1 is 1.17 bits per heavy atom. The Labute approximate surface area is 188 Å². The van der Waals surface area contributed by atoms with Gasteiger partial charge in [-0.05, 0) is 75.8 Å². The highest BCUT2D eigenvalue weighted by molar-refractivity contribution is 14.2. The summed E-state index contributed by atoms with van der Waals surface area (Å²) in [5, 5.41) is 1.03. The summed E-state index contributed by atoms with van der Waals surface area (Å²) in [6, 6.07) is 6.21. The van der Waals surface area contributed by atoms with E-state index in [1.807, 2.05) is 30.8 Å². The first-order chi connectivity index (χ1) is 13.6. The van der Waals surface area contributed by atoms with Gasteiger partial charge in [-0.3, -0.25) is 3.97 Å². The van der Waals surface area contributed by atoms with E-state index in [0.717, 1.165) is 23.7 Å². The molecule has 2 heterocycles. The van der Waals surface area contributed by atoms with E-state index in [1.54, 1.807) is 4.90 Å². The van der Waals surface area contributed by atoms with Crippen molar-refractivity contribution in [3.63, 3.8) is 0 Å². The number of methoxy groups -OCH3 is 1. The van der Waals surface area contributed by atoms with Crippen LogP contribution in [-0.4, -0.2) is 46.7 Å². The lowest BCUT2D eigenvalue weighted by molar-refractivity contribution is 0.0204. The number of piperidine rings is 1. The predicted octanol–water partition coefficient (Wildman–Crippen LogP) is 5.70. The van der Waals surface area contributed by atoms with Gasteiger partial charge in [0.15, 0.2) is 0 Å². The largest absolute Gasteiger partial charge is 0.464 e. The molecule has 0 saturated carbocycles. The third-order valence-electron chi connectivity index (χ3n) is 5.20. The number of nitrogens with zero attached hydrogens (tertiary/aromatic N) is 2. The molecule has 2 aromatic rings. The summed E-state index contributed by atoms with van der Waals surface area (Å²) in [6.07, 6.45) is 1.56. The summed E-state index contributed by atoms with van der Waals surface area (Å²) < 4.78 is 12.3. The minimum atomic E-state index is -0.477. The van der Waals surface area contributed by atoms with Crippen molar-refractivity contribution in [1.82, 2.24) is 8.87 Å². The van der Waals surface area contributed by atoms with E-state index in [2.05, 4.69) is 40.3 Å². The first kappa shape index (κ1) is 22.3. The molecule has 1 fully saturated rings. The van der Waals surface area contributed by atoms with E-state index in [0.29, 0.717) is 24.7 Å². The number of carbonyl (C=O) groups is 2. The average Bonchev–Trinajstić information content (AvgIpc) is 3.02. The average molecular weight is 530 g/mol. The van der Waals surface area contributed by atoms with Gasteiger partial charge in [0.1, 0.15) is 11.3 Å². The fourth-order valence-corrected chi connectivity index (χ4v) is 5.53. The van der Waals surface area contributed by atoms with Crippen LogP contribution in [0.15, 0.2) is 18.2 Å². The number of hydrogen-bond donors (Lipinski definition) is 0. The van der Waals surface area contributed by atoms with E-state index in [1.165, 1.54) is 27.4 Å². The number of fused-ring (bicyclic) bond motifs is 1. The highest BCUT2D eigenvalue weighted by Gasteiger charge is 2.28. The highest BCUT2D eigenvalue weighted by atomic mass is 127. The molecule has 1 aromatic heterocycles. The summed E-state index contributed by atoms with van der Waals surface area (Å²) in [6.45, 7) is 9.15. The van der Waals surface area contributed by atoms with Crippen LogP contribution in [0.25, 0.3) is 10.9 Å². The van der Waals surface area contributed by atoms with Crippen molar-refractivity contribution in [2.75, 3.05) is 20.2 Å². The topological polar surface area (TPSA) is 60.8 Å². The third-order valence-corrected chi connectivity index (χ3v) is 6.91. The molecule has 1 aliphatic rings. The molecular weight excluding hydrogens is 503 g/mol. The Bertz CT molecular complexity index is 927. The van der Waals surface area contributed by atoms with Gasteiger partial charge in [0.25, 0.3) is 0 Å². The van der Waals surface area contributed by atoms with Gasteiger partial charge in [0.05, 0.1) is 12.6 Å². The predicted molar refractivity (Wildman–Crippen MR) is 125 cm³/mol. The van der Waals surface area contributed by atoms with Crippen molar-refractivity contribution >= 4 is 53.3 Å². The van der Waals surface area contributed by atoms with Crippen LogP contribution in [-0.2, 0) is 9.47 Å². The maximum atomic E-state index is 12.3. The van der Waals surface area contributed by atoms with E-state index in [9.17, 15) is 9.59 Å². The van der Waals surface area contributed by atoms with Crippen LogP contribution in [0.3, 0.4) is 0 Å². The number of esters is 1. The van der Waals surface area contributed by atoms with E-state index < -0.39 is 5.60 Å². The SMILES string of the molecule is COC(=O)c1cc2cc(C)c(C3CCN(C(=O)OC(C)(C)C)CC3)cc2n1SI. The lowest BCUT2D eigenvalue weighted by atomic mass is 9.86. The van der Waals surface area contributed by atoms with Crippen LogP contribution >= 0.6 is 30.3 Å². The maximum Gasteiger partial charge on any atom is 0.410 e. The number of rotatable bonds is 3. The normalized spacial score (nSPS) is 15.6. The zero-order valence-electron chi connectivity index (χ0n) is 17.5. The number of carbonyl (C=O) groups excluding carboxylic acids is 2. The smallest absolute Gasteiger partial charge is 0.410 e. The van der Waals surface area contributed by atoms with Crippen LogP contribution in [0.5, 0.6) is 0 Å². The fraction of sp³-hybridized carbons (Fsp3) is 0.524. The Kier molecular flexibility index (Phi) is 6.72. The molecule has 0 atom stereocenters. The zero-order chi connectivity index (χ0) is 21.3. The maximum absolute atomic E-state index is 12.3. The molecule has 0 unspecified atom stereocenters. The lowest BCUT2D eigenvalue weighted by Crippen LogP contribution is -2.41. The Hall–Kier alpha value is -1.42. The number of likely N-dealkylation sites (tertiary alicyclic amines) is 1. The zero-order valence-corrected chi connectivity index (χ0v) is 20.4. The monoisotopic (exact) mass is 530 g/mol. The molecule has 1 amide bonds. The Morgan fingerprint density at radius 2 is 1.83 bits per heavy atom. The molecule has 6 nitrogen and oxygen atoms in total. The lowest BCUT2D eigenvalue weighted by Gasteiger charge is -2.34. The van der Waals surface area contributed by atoms with Crippen molar-refractivity contribution in [2.24, 2.45) is 0 Å². The quantitative estimate of drug-likeness (QED) is 0.377. The number of hydrogen-bond acceptors (Lipinski definition) is 5. The van der Waals surface area contributed by atoms with Crippen molar-refractivity contribution in [1.29, 1.82) is 0 Å². The standard InChI is InChI=1S/C21H27IN2O4S/c1-13-10-15-11-18(19(25)27-5)24(29-22)17(15)12-16(13)14-6-8-23(9-7-14)20(26)28-21(2,3)4/h10-12,14H,6-9H2,1-5H3. The molecule has 158 valence electrons. The van der Waals surface area contributed by atoms with Gasteiger partial charge in [-0.2, -0.15) is 0 Å². The van der Waals surface area contributed by atoms with E-state index >= 15 is 0 Å². The van der Waals surface area contributed by atoms with Gasteiger partial charge in [-0.15, -0.1) is 0 Å². The summed E-state index contributed by atoms with van der Waals surface area (Å²) >= 11 is 2.18. The number of benzene rings is 1. The van der Waals surface area contributed by atoms with Crippen molar-refractivity contribution in [3.8, 4) is 0 Å². The summed E-state index contributed by atoms with van der Waals surface area (Å²) in [4.78, 5) is 26.3. The molecule has 29 heavy (non-hydrogen) atoms. The van der Waals surface area contributed by atoms with Crippen LogP contribution in [0.4, 0.5) is 4.79 Å². The Balaban J connectivity index is 1.83. The van der Waals surface area contributed by atoms with Crippen molar-refractivity contribution in [2.45, 2.75) is 52.1 Å². The molecule has 8 heteroatoms. The number of amides is 1. The van der Waals surface area contributed by atoms with Gasteiger partial charge in [0.2, 0.25) is 0 Å². The molecule has 0 radical (unpaired) electrons. The van der Waals surface area contributed by atoms with Crippen molar-refractivity contribution < 1.29 is 19.1 Å². The molecule has 0 spiro atoms. The van der Waals surface area contributed by atoms with Gasteiger partial charge in [-0.25, -0.2) is 9.59 Å². The molecule has 0 aliphatic carbocycles. The van der Waals surface area contributed by atoms with Gasteiger partial charge < -0.3 is 14.4 Å². The second-order valence-electron chi connectivity index (χ2n) is 8.39. The summed E-state index contributed by atoms with van der Waals surface area (Å²) in [5.41, 5.74) is 3.57. The van der Waals surface area contributed by atoms with Crippen LogP contribution in [0, 0.1) is 6.92 Å². The number of aromatic nitrogens is 1. The minimum Gasteiger partial charge on any atom is -0.464 e. The third kappa shape index (κ3) is 4.84. The molecule has 1 aliphatic heterocycles.